The smallest absolute Gasteiger partial charge is 0.485 e. The van der Waals surface area contributed by atoms with E-state index in [1.54, 1.807) is 0 Å². The molecular weight excluding hydrogens is 622 g/mol. The van der Waals surface area contributed by atoms with Crippen LogP contribution in [0.2, 0.25) is 0 Å². The zero-order valence-electron chi connectivity index (χ0n) is 26.4. The quantitative estimate of drug-likeness (QED) is 0.0550. The third-order valence-electron chi connectivity index (χ3n) is 6.91. The summed E-state index contributed by atoms with van der Waals surface area (Å²) in [7, 11) is -6.26. The zero-order chi connectivity index (χ0) is 33.0. The van der Waals surface area contributed by atoms with E-state index < -0.39 is 15.6 Å². The minimum absolute atomic E-state index is 0.167. The van der Waals surface area contributed by atoms with Crippen molar-refractivity contribution in [1.29, 1.82) is 0 Å². The van der Waals surface area contributed by atoms with Crippen LogP contribution in [0.15, 0.2) is 93.5 Å². The first-order valence-corrected chi connectivity index (χ1v) is 18.5. The Hall–Kier alpha value is -2.69. The summed E-state index contributed by atoms with van der Waals surface area (Å²) in [5.41, 5.74) is -5.65. The molecule has 0 amide bonds. The van der Waals surface area contributed by atoms with Crippen LogP contribution in [0.1, 0.15) is 90.9 Å². The molecule has 0 radical (unpaired) electrons. The molecule has 0 aliphatic carbocycles. The standard InChI is InChI=1S/C34H47O2S.CHF3O3S/c1-3-5-7-9-11-16-28-35-30-20-24-33(25-21-30)37(32-18-14-13-15-19-32)34-26-22-31(23-27-34)36-29-17-12-10-8-6-4-2;2-1(3,4)8(5,6)7/h13-15,18-27H,3-12,16-17,28-29H2,1-2H3;(H,5,6,7)/q+1;/p-1. The summed E-state index contributed by atoms with van der Waals surface area (Å²) >= 11 is 0. The first kappa shape index (κ1) is 38.5. The average Bonchev–Trinajstić information content (AvgIpc) is 3.02. The molecule has 0 spiro atoms. The molecule has 0 N–H and O–H groups in total. The minimum Gasteiger partial charge on any atom is -0.741 e. The zero-order valence-corrected chi connectivity index (χ0v) is 28.0. The van der Waals surface area contributed by atoms with E-state index in [0.717, 1.165) is 37.6 Å². The van der Waals surface area contributed by atoms with E-state index in [9.17, 15) is 13.2 Å². The monoisotopic (exact) mass is 668 g/mol. The number of alkyl halides is 3. The number of hydrogen-bond acceptors (Lipinski definition) is 5. The number of unbranched alkanes of at least 4 members (excludes halogenated alkanes) is 10. The van der Waals surface area contributed by atoms with Gasteiger partial charge >= 0.3 is 5.51 Å². The second-order valence-corrected chi connectivity index (χ2v) is 14.1. The third kappa shape index (κ3) is 15.4. The van der Waals surface area contributed by atoms with E-state index in [0.29, 0.717) is 0 Å². The van der Waals surface area contributed by atoms with Crippen LogP contribution in [-0.2, 0) is 21.0 Å². The van der Waals surface area contributed by atoms with Crippen LogP contribution < -0.4 is 9.47 Å². The number of benzene rings is 3. The summed E-state index contributed by atoms with van der Waals surface area (Å²) in [5, 5.41) is 0. The van der Waals surface area contributed by atoms with E-state index in [-0.39, 0.29) is 10.9 Å². The largest absolute Gasteiger partial charge is 0.741 e. The molecule has 45 heavy (non-hydrogen) atoms. The predicted molar refractivity (Wildman–Crippen MR) is 175 cm³/mol. The lowest BCUT2D eigenvalue weighted by molar-refractivity contribution is -0.0517. The van der Waals surface area contributed by atoms with Gasteiger partial charge in [-0.2, -0.15) is 13.2 Å². The van der Waals surface area contributed by atoms with E-state index in [1.807, 2.05) is 0 Å². The van der Waals surface area contributed by atoms with Gasteiger partial charge in [0.05, 0.1) is 24.1 Å². The van der Waals surface area contributed by atoms with Gasteiger partial charge in [-0.3, -0.25) is 0 Å². The van der Waals surface area contributed by atoms with Gasteiger partial charge in [-0.15, -0.1) is 0 Å². The molecule has 0 heterocycles. The number of halogens is 3. The molecule has 0 atom stereocenters. The van der Waals surface area contributed by atoms with Gasteiger partial charge in [0, 0.05) is 0 Å². The van der Waals surface area contributed by atoms with Crippen molar-refractivity contribution in [3.63, 3.8) is 0 Å². The van der Waals surface area contributed by atoms with Crippen molar-refractivity contribution in [2.75, 3.05) is 13.2 Å². The van der Waals surface area contributed by atoms with Crippen LogP contribution >= 0.6 is 0 Å². The van der Waals surface area contributed by atoms with Gasteiger partial charge < -0.3 is 14.0 Å². The lowest BCUT2D eigenvalue weighted by Crippen LogP contribution is -2.21. The van der Waals surface area contributed by atoms with E-state index in [1.165, 1.54) is 78.9 Å². The van der Waals surface area contributed by atoms with Gasteiger partial charge in [-0.25, -0.2) is 8.42 Å². The summed E-state index contributed by atoms with van der Waals surface area (Å²) in [6, 6.07) is 28.3. The molecule has 0 bridgehead atoms. The fourth-order valence-corrected chi connectivity index (χ4v) is 6.52. The Bertz CT molecular complexity index is 1220. The van der Waals surface area contributed by atoms with E-state index >= 15 is 0 Å². The molecule has 0 unspecified atom stereocenters. The normalized spacial score (nSPS) is 11.6. The molecular formula is C35H47F3O5S2. The highest BCUT2D eigenvalue weighted by Crippen LogP contribution is 2.33. The van der Waals surface area contributed by atoms with Crippen molar-refractivity contribution in [2.45, 2.75) is 111 Å². The van der Waals surface area contributed by atoms with Crippen molar-refractivity contribution in [1.82, 2.24) is 0 Å². The molecule has 3 rings (SSSR count). The second kappa shape index (κ2) is 21.2. The Balaban J connectivity index is 0.000000777. The Labute approximate surface area is 270 Å². The van der Waals surface area contributed by atoms with Crippen molar-refractivity contribution < 1.29 is 35.6 Å². The van der Waals surface area contributed by atoms with Gasteiger partial charge in [0.2, 0.25) is 0 Å². The summed E-state index contributed by atoms with van der Waals surface area (Å²) < 4.78 is 71.0. The predicted octanol–water partition coefficient (Wildman–Crippen LogP) is 10.3. The fraction of sp³-hybridized carbons (Fsp3) is 0.486. The number of hydrogen-bond donors (Lipinski definition) is 0. The average molecular weight is 669 g/mol. The number of rotatable bonds is 19. The van der Waals surface area contributed by atoms with Crippen molar-refractivity contribution >= 4 is 21.0 Å². The summed E-state index contributed by atoms with van der Waals surface area (Å²) in [4.78, 5) is 3.93. The molecule has 5 nitrogen and oxygen atoms in total. The van der Waals surface area contributed by atoms with Gasteiger partial charge in [0.15, 0.2) is 24.8 Å². The molecule has 0 aliphatic heterocycles. The van der Waals surface area contributed by atoms with Gasteiger partial charge in [0.1, 0.15) is 11.5 Å². The Morgan fingerprint density at radius 1 is 0.578 bits per heavy atom. The maximum absolute atomic E-state index is 10.7. The maximum Gasteiger partial charge on any atom is 0.485 e. The molecule has 0 aliphatic rings. The van der Waals surface area contributed by atoms with Crippen LogP contribution in [0, 0.1) is 0 Å². The van der Waals surface area contributed by atoms with E-state index in [4.69, 9.17) is 22.4 Å². The van der Waals surface area contributed by atoms with Crippen LogP contribution in [0.25, 0.3) is 0 Å². The molecule has 3 aromatic carbocycles. The minimum atomic E-state index is -6.09. The molecule has 0 saturated heterocycles. The Morgan fingerprint density at radius 3 is 1.27 bits per heavy atom. The SMILES string of the molecule is CCCCCCCCOc1ccc([S+](c2ccccc2)c2ccc(OCCCCCCCC)cc2)cc1.O=S(=O)([O-])C(F)(F)F. The lowest BCUT2D eigenvalue weighted by atomic mass is 10.1. The number of ether oxygens (including phenoxy) is 2. The van der Waals surface area contributed by atoms with Gasteiger partial charge in [-0.1, -0.05) is 96.3 Å². The van der Waals surface area contributed by atoms with Crippen LogP contribution in [0.5, 0.6) is 11.5 Å². The summed E-state index contributed by atoms with van der Waals surface area (Å²) in [5.74, 6) is 1.93. The van der Waals surface area contributed by atoms with Crippen LogP contribution in [0.3, 0.4) is 0 Å². The third-order valence-corrected chi connectivity index (χ3v) is 9.71. The first-order chi connectivity index (χ1) is 21.6. The highest BCUT2D eigenvalue weighted by molar-refractivity contribution is 7.97. The fourth-order valence-electron chi connectivity index (χ4n) is 4.45. The van der Waals surface area contributed by atoms with Gasteiger partial charge in [0.25, 0.3) is 0 Å². The highest BCUT2D eigenvalue weighted by atomic mass is 32.2. The van der Waals surface area contributed by atoms with E-state index in [2.05, 4.69) is 92.7 Å². The molecule has 0 fully saturated rings. The molecule has 0 saturated carbocycles. The van der Waals surface area contributed by atoms with Crippen molar-refractivity contribution in [3.8, 4) is 11.5 Å². The molecule has 250 valence electrons. The lowest BCUT2D eigenvalue weighted by Gasteiger charge is -2.11. The van der Waals surface area contributed by atoms with Crippen molar-refractivity contribution in [2.24, 2.45) is 0 Å². The van der Waals surface area contributed by atoms with Crippen LogP contribution in [0.4, 0.5) is 13.2 Å². The van der Waals surface area contributed by atoms with Gasteiger partial charge in [-0.05, 0) is 73.5 Å². The molecule has 3 aromatic rings. The van der Waals surface area contributed by atoms with Crippen molar-refractivity contribution in [3.05, 3.63) is 78.9 Å². The Kier molecular flexibility index (Phi) is 18.1. The maximum atomic E-state index is 10.7. The summed E-state index contributed by atoms with van der Waals surface area (Å²) in [6.45, 7) is 6.13. The molecule has 10 heteroatoms. The first-order valence-electron chi connectivity index (χ1n) is 15.8. The topological polar surface area (TPSA) is 75.7 Å². The summed E-state index contributed by atoms with van der Waals surface area (Å²) in [6.07, 6.45) is 15.4. The Morgan fingerprint density at radius 2 is 0.911 bits per heavy atom. The molecule has 0 aromatic heterocycles. The second-order valence-electron chi connectivity index (χ2n) is 10.7. The van der Waals surface area contributed by atoms with Crippen LogP contribution in [-0.4, -0.2) is 31.7 Å². The highest BCUT2D eigenvalue weighted by Gasteiger charge is 2.37.